The van der Waals surface area contributed by atoms with Gasteiger partial charge in [0, 0.05) is 0 Å². The second kappa shape index (κ2) is 8.49. The van der Waals surface area contributed by atoms with Crippen LogP contribution in [0.1, 0.15) is 20.7 Å². The number of carboxylic acids is 2. The van der Waals surface area contributed by atoms with E-state index in [1.54, 1.807) is 24.3 Å². The molecule has 0 aromatic heterocycles. The average molecular weight is 310 g/mol. The molecule has 0 saturated heterocycles. The van der Waals surface area contributed by atoms with Gasteiger partial charge < -0.3 is 20.4 Å². The van der Waals surface area contributed by atoms with E-state index in [9.17, 15) is 9.59 Å². The van der Waals surface area contributed by atoms with Gasteiger partial charge in [0.25, 0.3) is 0 Å². The highest BCUT2D eigenvalue weighted by Gasteiger charge is 2.06. The highest BCUT2D eigenvalue weighted by atomic mass is 32.1. The van der Waals surface area contributed by atoms with Crippen molar-refractivity contribution in [2.75, 3.05) is 0 Å². The first-order chi connectivity index (χ1) is 9.43. The van der Waals surface area contributed by atoms with E-state index in [2.05, 4.69) is 0 Å². The molecule has 0 aliphatic heterocycles. The van der Waals surface area contributed by atoms with Crippen molar-refractivity contribution in [3.05, 3.63) is 59.7 Å². The average Bonchev–Trinajstić information content (AvgIpc) is 2.40. The van der Waals surface area contributed by atoms with Gasteiger partial charge in [0.05, 0.1) is 0 Å². The number of aromatic carboxylic acids is 2. The summed E-state index contributed by atoms with van der Waals surface area (Å²) in [6.45, 7) is 0. The number of para-hydroxylation sites is 2. The van der Waals surface area contributed by atoms with Crippen LogP contribution < -0.4 is 0 Å². The van der Waals surface area contributed by atoms with Crippen LogP contribution in [-0.2, 0) is 0 Å². The van der Waals surface area contributed by atoms with Crippen LogP contribution in [0.15, 0.2) is 48.5 Å². The van der Waals surface area contributed by atoms with Gasteiger partial charge in [-0.2, -0.15) is 13.5 Å². The third kappa shape index (κ3) is 5.45. The Morgan fingerprint density at radius 1 is 0.667 bits per heavy atom. The minimum Gasteiger partial charge on any atom is -0.507 e. The lowest BCUT2D eigenvalue weighted by Gasteiger charge is -1.95. The van der Waals surface area contributed by atoms with Gasteiger partial charge in [-0.3, -0.25) is 0 Å². The quantitative estimate of drug-likeness (QED) is 0.676. The number of hydrogen-bond donors (Lipinski definition) is 4. The van der Waals surface area contributed by atoms with Crippen molar-refractivity contribution in [3.8, 4) is 11.5 Å². The summed E-state index contributed by atoms with van der Waals surface area (Å²) in [6.07, 6.45) is 0. The Labute approximate surface area is 127 Å². The zero-order valence-electron chi connectivity index (χ0n) is 10.7. The third-order valence-electron chi connectivity index (χ3n) is 2.27. The van der Waals surface area contributed by atoms with E-state index in [1.807, 2.05) is 0 Å². The molecule has 0 radical (unpaired) electrons. The normalized spacial score (nSPS) is 8.76. The number of carbonyl (C=O) groups is 2. The minimum absolute atomic E-state index is 0. The van der Waals surface area contributed by atoms with Gasteiger partial charge in [0.1, 0.15) is 22.6 Å². The third-order valence-corrected chi connectivity index (χ3v) is 2.27. The molecule has 0 aliphatic rings. The standard InChI is InChI=1S/2C7H6O3.H2S/c2*8-6-4-2-1-3-5(6)7(9)10;/h2*1-4,8H,(H,9,10);1H2. The van der Waals surface area contributed by atoms with Gasteiger partial charge in [0.15, 0.2) is 0 Å². The predicted octanol–water partition coefficient (Wildman–Crippen LogP) is 2.29. The number of aromatic hydroxyl groups is 2. The van der Waals surface area contributed by atoms with Crippen LogP contribution in [0.3, 0.4) is 0 Å². The molecule has 0 bridgehead atoms. The molecule has 0 fully saturated rings. The van der Waals surface area contributed by atoms with Crippen LogP contribution in [0.25, 0.3) is 0 Å². The van der Waals surface area contributed by atoms with E-state index in [4.69, 9.17) is 20.4 Å². The van der Waals surface area contributed by atoms with E-state index < -0.39 is 11.9 Å². The Morgan fingerprint density at radius 2 is 0.952 bits per heavy atom. The Balaban J connectivity index is 0.000000364. The number of carboxylic acid groups (broad SMARTS) is 2. The van der Waals surface area contributed by atoms with Crippen molar-refractivity contribution >= 4 is 25.4 Å². The molecule has 2 aromatic rings. The molecule has 0 atom stereocenters. The second-order valence-corrected chi connectivity index (χ2v) is 3.64. The molecule has 21 heavy (non-hydrogen) atoms. The Bertz CT molecular complexity index is 571. The Kier molecular flexibility index (Phi) is 7.41. The fourth-order valence-corrected chi connectivity index (χ4v) is 1.31. The van der Waals surface area contributed by atoms with E-state index in [0.29, 0.717) is 0 Å². The van der Waals surface area contributed by atoms with Crippen LogP contribution in [0.5, 0.6) is 11.5 Å². The molecular formula is C14H14O6S. The van der Waals surface area contributed by atoms with Crippen molar-refractivity contribution in [1.29, 1.82) is 0 Å². The van der Waals surface area contributed by atoms with Crippen molar-refractivity contribution in [1.82, 2.24) is 0 Å². The lowest BCUT2D eigenvalue weighted by molar-refractivity contribution is 0.0682. The molecule has 0 unspecified atom stereocenters. The first-order valence-electron chi connectivity index (χ1n) is 5.46. The van der Waals surface area contributed by atoms with Gasteiger partial charge >= 0.3 is 11.9 Å². The lowest BCUT2D eigenvalue weighted by atomic mass is 10.2. The van der Waals surface area contributed by atoms with Crippen LogP contribution >= 0.6 is 13.5 Å². The number of rotatable bonds is 2. The number of hydrogen-bond acceptors (Lipinski definition) is 4. The zero-order chi connectivity index (χ0) is 15.1. The second-order valence-electron chi connectivity index (χ2n) is 3.64. The number of phenols is 2. The predicted molar refractivity (Wildman–Crippen MR) is 80.5 cm³/mol. The maximum atomic E-state index is 10.3. The molecular weight excluding hydrogens is 296 g/mol. The molecule has 7 heteroatoms. The Morgan fingerprint density at radius 3 is 1.14 bits per heavy atom. The first-order valence-corrected chi connectivity index (χ1v) is 5.46. The van der Waals surface area contributed by atoms with Gasteiger partial charge in [-0.25, -0.2) is 9.59 Å². The van der Waals surface area contributed by atoms with Crippen molar-refractivity contribution in [2.24, 2.45) is 0 Å². The van der Waals surface area contributed by atoms with E-state index in [0.717, 1.165) is 0 Å². The molecule has 2 rings (SSSR count). The summed E-state index contributed by atoms with van der Waals surface area (Å²) >= 11 is 0. The molecule has 0 aliphatic carbocycles. The molecule has 0 heterocycles. The monoisotopic (exact) mass is 310 g/mol. The summed E-state index contributed by atoms with van der Waals surface area (Å²) < 4.78 is 0. The Hall–Kier alpha value is -2.67. The smallest absolute Gasteiger partial charge is 0.339 e. The zero-order valence-corrected chi connectivity index (χ0v) is 11.7. The van der Waals surface area contributed by atoms with Crippen molar-refractivity contribution in [2.45, 2.75) is 0 Å². The molecule has 0 amide bonds. The van der Waals surface area contributed by atoms with Gasteiger partial charge in [0.2, 0.25) is 0 Å². The molecule has 0 spiro atoms. The largest absolute Gasteiger partial charge is 0.507 e. The lowest BCUT2D eigenvalue weighted by Crippen LogP contribution is -1.95. The van der Waals surface area contributed by atoms with Crippen LogP contribution in [0, 0.1) is 0 Å². The molecule has 0 saturated carbocycles. The van der Waals surface area contributed by atoms with E-state index in [1.165, 1.54) is 24.3 Å². The topological polar surface area (TPSA) is 115 Å². The minimum atomic E-state index is -1.11. The van der Waals surface area contributed by atoms with Gasteiger partial charge in [-0.05, 0) is 24.3 Å². The van der Waals surface area contributed by atoms with Crippen LogP contribution in [0.4, 0.5) is 0 Å². The summed E-state index contributed by atoms with van der Waals surface area (Å²) in [4.78, 5) is 20.5. The van der Waals surface area contributed by atoms with Crippen molar-refractivity contribution < 1.29 is 30.0 Å². The molecule has 2 aromatic carbocycles. The number of benzene rings is 2. The van der Waals surface area contributed by atoms with E-state index in [-0.39, 0.29) is 36.1 Å². The summed E-state index contributed by atoms with van der Waals surface area (Å²) in [6, 6.07) is 11.6. The first kappa shape index (κ1) is 18.3. The fourth-order valence-electron chi connectivity index (χ4n) is 1.31. The van der Waals surface area contributed by atoms with Crippen LogP contribution in [-0.4, -0.2) is 32.4 Å². The SMILES string of the molecule is O=C(O)c1ccccc1O.O=C(O)c1ccccc1O.S. The van der Waals surface area contributed by atoms with Crippen LogP contribution in [0.2, 0.25) is 0 Å². The highest BCUT2D eigenvalue weighted by molar-refractivity contribution is 7.59. The fraction of sp³-hybridized carbons (Fsp3) is 0. The van der Waals surface area contributed by atoms with Gasteiger partial charge in [-0.15, -0.1) is 0 Å². The summed E-state index contributed by atoms with van der Waals surface area (Å²) in [5.41, 5.74) is -0.134. The maximum absolute atomic E-state index is 10.3. The molecule has 112 valence electrons. The van der Waals surface area contributed by atoms with Crippen molar-refractivity contribution in [3.63, 3.8) is 0 Å². The maximum Gasteiger partial charge on any atom is 0.339 e. The summed E-state index contributed by atoms with van der Waals surface area (Å²) in [7, 11) is 0. The summed E-state index contributed by atoms with van der Waals surface area (Å²) in [5, 5.41) is 34.6. The highest BCUT2D eigenvalue weighted by Crippen LogP contribution is 2.15. The molecule has 6 nitrogen and oxygen atoms in total. The molecule has 4 N–H and O–H groups in total. The summed E-state index contributed by atoms with van der Waals surface area (Å²) in [5.74, 6) is -2.62. The van der Waals surface area contributed by atoms with E-state index >= 15 is 0 Å². The van der Waals surface area contributed by atoms with Gasteiger partial charge in [-0.1, -0.05) is 24.3 Å².